The summed E-state index contributed by atoms with van der Waals surface area (Å²) >= 11 is 0. The quantitative estimate of drug-likeness (QED) is 0.546. The molecule has 1 nitrogen and oxygen atoms in total. The van der Waals surface area contributed by atoms with Gasteiger partial charge in [-0.05, 0) is 50.2 Å². The molecule has 1 heteroatoms. The summed E-state index contributed by atoms with van der Waals surface area (Å²) in [6.45, 7) is 9.63. The van der Waals surface area contributed by atoms with Gasteiger partial charge in [0.25, 0.3) is 0 Å². The molecule has 0 aliphatic heterocycles. The molecule has 0 atom stereocenters. The maximum atomic E-state index is 5.55. The van der Waals surface area contributed by atoms with Gasteiger partial charge in [-0.2, -0.15) is 0 Å². The molecule has 108 valence electrons. The Kier molecular flexibility index (Phi) is 7.81. The van der Waals surface area contributed by atoms with Crippen molar-refractivity contribution in [3.8, 4) is 0 Å². The second kappa shape index (κ2) is 9.14. The lowest BCUT2D eigenvalue weighted by Gasteiger charge is -2.09. The molecule has 1 aromatic rings. The first-order chi connectivity index (χ1) is 9.09. The van der Waals surface area contributed by atoms with Crippen LogP contribution in [-0.2, 0) is 11.2 Å². The second-order valence-corrected chi connectivity index (χ2v) is 5.98. The van der Waals surface area contributed by atoms with Gasteiger partial charge >= 0.3 is 0 Å². The van der Waals surface area contributed by atoms with Crippen molar-refractivity contribution in [1.29, 1.82) is 0 Å². The molecule has 0 fully saturated rings. The Bertz CT molecular complexity index is 341. The van der Waals surface area contributed by atoms with E-state index in [1.807, 2.05) is 0 Å². The molecule has 0 aliphatic carbocycles. The third-order valence-corrected chi connectivity index (χ3v) is 3.43. The summed E-state index contributed by atoms with van der Waals surface area (Å²) in [6.07, 6.45) is 6.68. The number of aryl methyl sites for hydroxylation is 1. The predicted octanol–water partition coefficient (Wildman–Crippen LogP) is 5.34. The monoisotopic (exact) mass is 262 g/mol. The summed E-state index contributed by atoms with van der Waals surface area (Å²) in [7, 11) is 0. The largest absolute Gasteiger partial charge is 0.379 e. The molecule has 0 saturated heterocycles. The van der Waals surface area contributed by atoms with E-state index in [4.69, 9.17) is 4.74 Å². The Morgan fingerprint density at radius 1 is 0.947 bits per heavy atom. The summed E-state index contributed by atoms with van der Waals surface area (Å²) in [5, 5.41) is 0. The minimum atomic E-state index is 0.374. The number of unbranched alkanes of at least 4 members (excludes halogenated alkanes) is 3. The average Bonchev–Trinajstić information content (AvgIpc) is 2.37. The van der Waals surface area contributed by atoms with Crippen molar-refractivity contribution in [3.63, 3.8) is 0 Å². The van der Waals surface area contributed by atoms with E-state index in [1.54, 1.807) is 0 Å². The number of hydrogen-bond donors (Lipinski definition) is 0. The van der Waals surface area contributed by atoms with Crippen LogP contribution >= 0.6 is 0 Å². The third-order valence-electron chi connectivity index (χ3n) is 3.43. The van der Waals surface area contributed by atoms with Crippen LogP contribution in [0.2, 0.25) is 0 Å². The van der Waals surface area contributed by atoms with Gasteiger partial charge in [-0.25, -0.2) is 0 Å². The normalized spacial score (nSPS) is 11.5. The van der Waals surface area contributed by atoms with Crippen LogP contribution in [0.15, 0.2) is 24.3 Å². The first kappa shape index (κ1) is 16.2. The number of ether oxygens (including phenoxy) is 1. The fraction of sp³-hybridized carbons (Fsp3) is 0.667. The highest BCUT2D eigenvalue weighted by molar-refractivity contribution is 5.25. The molecule has 1 aromatic carbocycles. The maximum absolute atomic E-state index is 5.55. The minimum absolute atomic E-state index is 0.374. The van der Waals surface area contributed by atoms with Crippen molar-refractivity contribution in [2.75, 3.05) is 6.61 Å². The molecule has 0 saturated carbocycles. The maximum Gasteiger partial charge on any atom is 0.0518 e. The van der Waals surface area contributed by atoms with Crippen LogP contribution in [0.3, 0.4) is 0 Å². The van der Waals surface area contributed by atoms with Gasteiger partial charge in [-0.1, -0.05) is 51.0 Å². The zero-order valence-corrected chi connectivity index (χ0v) is 13.1. The Morgan fingerprint density at radius 2 is 1.68 bits per heavy atom. The summed E-state index contributed by atoms with van der Waals surface area (Å²) in [6, 6.07) is 9.05. The molecule has 0 aromatic heterocycles. The van der Waals surface area contributed by atoms with Crippen molar-refractivity contribution in [2.24, 2.45) is 0 Å². The predicted molar refractivity (Wildman–Crippen MR) is 83.8 cm³/mol. The van der Waals surface area contributed by atoms with E-state index in [0.717, 1.165) is 6.61 Å². The molecular weight excluding hydrogens is 232 g/mol. The van der Waals surface area contributed by atoms with Crippen LogP contribution in [0, 0.1) is 0 Å². The molecular formula is C18H30O. The SMILES string of the molecule is CC(C)OCCCCCCc1cccc(C(C)C)c1. The second-order valence-electron chi connectivity index (χ2n) is 5.98. The summed E-state index contributed by atoms with van der Waals surface area (Å²) < 4.78 is 5.55. The molecule has 0 amide bonds. The summed E-state index contributed by atoms with van der Waals surface area (Å²) in [5.41, 5.74) is 2.95. The molecule has 0 N–H and O–H groups in total. The number of rotatable bonds is 9. The zero-order valence-electron chi connectivity index (χ0n) is 13.1. The number of benzene rings is 1. The van der Waals surface area contributed by atoms with Crippen molar-refractivity contribution >= 4 is 0 Å². The van der Waals surface area contributed by atoms with Crippen molar-refractivity contribution in [1.82, 2.24) is 0 Å². The number of hydrogen-bond acceptors (Lipinski definition) is 1. The van der Waals surface area contributed by atoms with Gasteiger partial charge in [0.1, 0.15) is 0 Å². The highest BCUT2D eigenvalue weighted by atomic mass is 16.5. The van der Waals surface area contributed by atoms with Crippen LogP contribution in [-0.4, -0.2) is 12.7 Å². The fourth-order valence-corrected chi connectivity index (χ4v) is 2.21. The average molecular weight is 262 g/mol. The summed E-state index contributed by atoms with van der Waals surface area (Å²) in [5.74, 6) is 0.633. The van der Waals surface area contributed by atoms with Crippen molar-refractivity contribution in [3.05, 3.63) is 35.4 Å². The van der Waals surface area contributed by atoms with Crippen molar-refractivity contribution in [2.45, 2.75) is 71.8 Å². The standard InChI is InChI=1S/C18H30O/c1-15(2)18-12-9-11-17(14-18)10-7-5-6-8-13-19-16(3)4/h9,11-12,14-16H,5-8,10,13H2,1-4H3. The minimum Gasteiger partial charge on any atom is -0.379 e. The van der Waals surface area contributed by atoms with Crippen LogP contribution < -0.4 is 0 Å². The zero-order chi connectivity index (χ0) is 14.1. The topological polar surface area (TPSA) is 9.23 Å². The summed E-state index contributed by atoms with van der Waals surface area (Å²) in [4.78, 5) is 0. The highest BCUT2D eigenvalue weighted by Crippen LogP contribution is 2.17. The molecule has 0 heterocycles. The van der Waals surface area contributed by atoms with Crippen molar-refractivity contribution < 1.29 is 4.74 Å². The van der Waals surface area contributed by atoms with Gasteiger partial charge in [0.05, 0.1) is 6.10 Å². The van der Waals surface area contributed by atoms with Crippen LogP contribution in [0.4, 0.5) is 0 Å². The Balaban J connectivity index is 2.14. The highest BCUT2D eigenvalue weighted by Gasteiger charge is 2.00. The van der Waals surface area contributed by atoms with E-state index in [-0.39, 0.29) is 0 Å². The van der Waals surface area contributed by atoms with Gasteiger partial charge in [0, 0.05) is 6.61 Å². The lowest BCUT2D eigenvalue weighted by atomic mass is 9.98. The van der Waals surface area contributed by atoms with Gasteiger partial charge in [0.2, 0.25) is 0 Å². The smallest absolute Gasteiger partial charge is 0.0518 e. The van der Waals surface area contributed by atoms with E-state index in [9.17, 15) is 0 Å². The molecule has 0 bridgehead atoms. The fourth-order valence-electron chi connectivity index (χ4n) is 2.21. The third kappa shape index (κ3) is 7.37. The van der Waals surface area contributed by atoms with E-state index in [1.165, 1.54) is 43.2 Å². The van der Waals surface area contributed by atoms with E-state index < -0.39 is 0 Å². The lowest BCUT2D eigenvalue weighted by molar-refractivity contribution is 0.0757. The van der Waals surface area contributed by atoms with Crippen LogP contribution in [0.5, 0.6) is 0 Å². The van der Waals surface area contributed by atoms with E-state index in [2.05, 4.69) is 52.0 Å². The molecule has 0 aliphatic rings. The molecule has 0 unspecified atom stereocenters. The lowest BCUT2D eigenvalue weighted by Crippen LogP contribution is -2.03. The van der Waals surface area contributed by atoms with Gasteiger partial charge < -0.3 is 4.74 Å². The Labute approximate surface area is 119 Å². The first-order valence-corrected chi connectivity index (χ1v) is 7.80. The van der Waals surface area contributed by atoms with Gasteiger partial charge in [-0.15, -0.1) is 0 Å². The van der Waals surface area contributed by atoms with E-state index >= 15 is 0 Å². The first-order valence-electron chi connectivity index (χ1n) is 7.80. The van der Waals surface area contributed by atoms with E-state index in [0.29, 0.717) is 12.0 Å². The Morgan fingerprint density at radius 3 is 2.37 bits per heavy atom. The van der Waals surface area contributed by atoms with Gasteiger partial charge in [0.15, 0.2) is 0 Å². The molecule has 0 radical (unpaired) electrons. The molecule has 0 spiro atoms. The van der Waals surface area contributed by atoms with Gasteiger partial charge in [-0.3, -0.25) is 0 Å². The molecule has 1 rings (SSSR count). The van der Waals surface area contributed by atoms with Crippen LogP contribution in [0.25, 0.3) is 0 Å². The van der Waals surface area contributed by atoms with Crippen LogP contribution in [0.1, 0.15) is 70.4 Å². The Hall–Kier alpha value is -0.820. The molecule has 19 heavy (non-hydrogen) atoms.